The van der Waals surface area contributed by atoms with Crippen LogP contribution in [0.4, 0.5) is 5.69 Å². The van der Waals surface area contributed by atoms with E-state index in [1.807, 2.05) is 46.9 Å². The molecule has 2 N–H and O–H groups in total. The van der Waals surface area contributed by atoms with Crippen LogP contribution in [0.3, 0.4) is 0 Å². The summed E-state index contributed by atoms with van der Waals surface area (Å²) in [5.74, 6) is 1.26. The van der Waals surface area contributed by atoms with Gasteiger partial charge >= 0.3 is 0 Å². The van der Waals surface area contributed by atoms with Crippen LogP contribution in [-0.2, 0) is 6.54 Å². The molecule has 0 atom stereocenters. The summed E-state index contributed by atoms with van der Waals surface area (Å²) in [6, 6.07) is 11.9. The van der Waals surface area contributed by atoms with E-state index in [1.165, 1.54) is 12.1 Å². The summed E-state index contributed by atoms with van der Waals surface area (Å²) in [5.41, 5.74) is 6.59. The van der Waals surface area contributed by atoms with Crippen LogP contribution < -0.4 is 10.5 Å². The van der Waals surface area contributed by atoms with Gasteiger partial charge in [0.25, 0.3) is 5.69 Å². The number of nitro benzene ring substituents is 1. The maximum Gasteiger partial charge on any atom is 0.270 e. The van der Waals surface area contributed by atoms with Crippen LogP contribution in [0.15, 0.2) is 42.5 Å². The van der Waals surface area contributed by atoms with Crippen molar-refractivity contribution in [3.63, 3.8) is 0 Å². The highest BCUT2D eigenvalue weighted by molar-refractivity contribution is 14.1. The van der Waals surface area contributed by atoms with Gasteiger partial charge in [-0.05, 0) is 46.4 Å². The van der Waals surface area contributed by atoms with Crippen LogP contribution in [0, 0.1) is 13.7 Å². The van der Waals surface area contributed by atoms with Crippen LogP contribution in [0.2, 0.25) is 0 Å². The summed E-state index contributed by atoms with van der Waals surface area (Å²) in [5, 5.41) is 10.6. The van der Waals surface area contributed by atoms with Crippen molar-refractivity contribution in [2.75, 3.05) is 0 Å². The monoisotopic (exact) mass is 370 g/mol. The van der Waals surface area contributed by atoms with Crippen molar-refractivity contribution >= 4 is 28.3 Å². The second-order valence-corrected chi connectivity index (χ2v) is 4.98. The molecular formula is C13H11IN2O3. The Balaban J connectivity index is 2.20. The molecule has 0 saturated heterocycles. The fourth-order valence-corrected chi connectivity index (χ4v) is 2.12. The van der Waals surface area contributed by atoms with E-state index in [9.17, 15) is 10.1 Å². The molecule has 98 valence electrons. The first-order chi connectivity index (χ1) is 9.10. The minimum absolute atomic E-state index is 0.0511. The lowest BCUT2D eigenvalue weighted by molar-refractivity contribution is -0.385. The quantitative estimate of drug-likeness (QED) is 0.508. The lowest BCUT2D eigenvalue weighted by atomic mass is 10.2. The van der Waals surface area contributed by atoms with E-state index in [0.717, 1.165) is 5.56 Å². The molecule has 0 spiro atoms. The molecule has 2 aromatic carbocycles. The minimum Gasteiger partial charge on any atom is -0.456 e. The summed E-state index contributed by atoms with van der Waals surface area (Å²) < 4.78 is 6.36. The first kappa shape index (κ1) is 13.8. The molecule has 0 aliphatic carbocycles. The predicted octanol–water partition coefficient (Wildman–Crippen LogP) is 3.45. The van der Waals surface area contributed by atoms with E-state index in [4.69, 9.17) is 10.5 Å². The molecule has 5 nitrogen and oxygen atoms in total. The number of halogens is 1. The minimum atomic E-state index is -0.429. The van der Waals surface area contributed by atoms with E-state index in [-0.39, 0.29) is 5.69 Å². The third kappa shape index (κ3) is 3.42. The largest absolute Gasteiger partial charge is 0.456 e. The number of benzene rings is 2. The summed E-state index contributed by atoms with van der Waals surface area (Å²) in [7, 11) is 0. The van der Waals surface area contributed by atoms with E-state index in [1.54, 1.807) is 6.07 Å². The van der Waals surface area contributed by atoms with Crippen molar-refractivity contribution in [2.24, 2.45) is 5.73 Å². The zero-order valence-corrected chi connectivity index (χ0v) is 12.0. The smallest absolute Gasteiger partial charge is 0.270 e. The summed E-state index contributed by atoms with van der Waals surface area (Å²) in [4.78, 5) is 10.2. The first-order valence-electron chi connectivity index (χ1n) is 5.51. The van der Waals surface area contributed by atoms with Gasteiger partial charge in [-0.2, -0.15) is 0 Å². The Labute approximate surface area is 123 Å². The standard InChI is InChI=1S/C13H11IN2O3/c14-12-7-10(16(17)18)3-6-13(12)19-11-4-1-9(8-15)2-5-11/h1-7H,8,15H2. The molecule has 0 heterocycles. The van der Waals surface area contributed by atoms with E-state index in [2.05, 4.69) is 0 Å². The fourth-order valence-electron chi connectivity index (χ4n) is 1.51. The Kier molecular flexibility index (Phi) is 4.33. The molecule has 0 bridgehead atoms. The number of non-ortho nitro benzene ring substituents is 1. The van der Waals surface area contributed by atoms with Gasteiger partial charge in [-0.3, -0.25) is 10.1 Å². The van der Waals surface area contributed by atoms with Crippen LogP contribution >= 0.6 is 22.6 Å². The van der Waals surface area contributed by atoms with Crippen molar-refractivity contribution in [1.82, 2.24) is 0 Å². The molecule has 0 radical (unpaired) electrons. The Bertz CT molecular complexity index is 599. The van der Waals surface area contributed by atoms with E-state index >= 15 is 0 Å². The average Bonchev–Trinajstić information content (AvgIpc) is 2.41. The topological polar surface area (TPSA) is 78.4 Å². The van der Waals surface area contributed by atoms with Crippen LogP contribution in [0.1, 0.15) is 5.56 Å². The van der Waals surface area contributed by atoms with E-state index < -0.39 is 4.92 Å². The van der Waals surface area contributed by atoms with Gasteiger partial charge in [-0.15, -0.1) is 0 Å². The SMILES string of the molecule is NCc1ccc(Oc2ccc([N+](=O)[O-])cc2I)cc1. The number of nitrogens with zero attached hydrogens (tertiary/aromatic N) is 1. The third-order valence-electron chi connectivity index (χ3n) is 2.51. The highest BCUT2D eigenvalue weighted by Crippen LogP contribution is 2.29. The van der Waals surface area contributed by atoms with Crippen LogP contribution in [0.5, 0.6) is 11.5 Å². The van der Waals surface area contributed by atoms with Crippen molar-refractivity contribution in [1.29, 1.82) is 0 Å². The van der Waals surface area contributed by atoms with Gasteiger partial charge in [0.15, 0.2) is 0 Å². The summed E-state index contributed by atoms with van der Waals surface area (Å²) >= 11 is 2.01. The second-order valence-electron chi connectivity index (χ2n) is 3.82. The average molecular weight is 370 g/mol. The molecule has 0 aromatic heterocycles. The van der Waals surface area contributed by atoms with Gasteiger partial charge in [0, 0.05) is 18.7 Å². The molecule has 6 heteroatoms. The van der Waals surface area contributed by atoms with Gasteiger partial charge in [-0.25, -0.2) is 0 Å². The molecule has 0 aliphatic heterocycles. The molecule has 19 heavy (non-hydrogen) atoms. The summed E-state index contributed by atoms with van der Waals surface area (Å²) in [6.07, 6.45) is 0. The van der Waals surface area contributed by atoms with Gasteiger partial charge < -0.3 is 10.5 Å². The second kappa shape index (κ2) is 5.98. The van der Waals surface area contributed by atoms with Gasteiger partial charge in [0.1, 0.15) is 11.5 Å². The Morgan fingerprint density at radius 3 is 2.42 bits per heavy atom. The Morgan fingerprint density at radius 1 is 1.21 bits per heavy atom. The lowest BCUT2D eigenvalue weighted by Gasteiger charge is -2.08. The number of ether oxygens (including phenoxy) is 1. The summed E-state index contributed by atoms with van der Waals surface area (Å²) in [6.45, 7) is 0.481. The molecular weight excluding hydrogens is 359 g/mol. The molecule has 2 aromatic rings. The molecule has 0 unspecified atom stereocenters. The third-order valence-corrected chi connectivity index (χ3v) is 3.36. The van der Waals surface area contributed by atoms with Crippen LogP contribution in [0.25, 0.3) is 0 Å². The number of hydrogen-bond acceptors (Lipinski definition) is 4. The first-order valence-corrected chi connectivity index (χ1v) is 6.59. The molecule has 2 rings (SSSR count). The number of nitro groups is 1. The normalized spacial score (nSPS) is 10.2. The molecule has 0 fully saturated rings. The molecule has 0 aliphatic rings. The number of hydrogen-bond donors (Lipinski definition) is 1. The van der Waals surface area contributed by atoms with Crippen LogP contribution in [-0.4, -0.2) is 4.92 Å². The number of rotatable bonds is 4. The Morgan fingerprint density at radius 2 is 1.89 bits per heavy atom. The predicted molar refractivity (Wildman–Crippen MR) is 80.2 cm³/mol. The van der Waals surface area contributed by atoms with Crippen molar-refractivity contribution in [2.45, 2.75) is 6.54 Å². The maximum absolute atomic E-state index is 10.6. The zero-order valence-electron chi connectivity index (χ0n) is 9.88. The number of nitrogens with two attached hydrogens (primary N) is 1. The van der Waals surface area contributed by atoms with Crippen molar-refractivity contribution < 1.29 is 9.66 Å². The highest BCUT2D eigenvalue weighted by Gasteiger charge is 2.10. The zero-order chi connectivity index (χ0) is 13.8. The highest BCUT2D eigenvalue weighted by atomic mass is 127. The van der Waals surface area contributed by atoms with Crippen molar-refractivity contribution in [3.05, 3.63) is 61.7 Å². The van der Waals surface area contributed by atoms with Gasteiger partial charge in [0.05, 0.1) is 8.49 Å². The molecule has 0 saturated carbocycles. The maximum atomic E-state index is 10.6. The van der Waals surface area contributed by atoms with Gasteiger partial charge in [-0.1, -0.05) is 12.1 Å². The van der Waals surface area contributed by atoms with Gasteiger partial charge in [0.2, 0.25) is 0 Å². The Hall–Kier alpha value is -1.67. The fraction of sp³-hybridized carbons (Fsp3) is 0.0769. The molecule has 0 amide bonds. The lowest BCUT2D eigenvalue weighted by Crippen LogP contribution is -1.96. The van der Waals surface area contributed by atoms with Crippen molar-refractivity contribution in [3.8, 4) is 11.5 Å². The van der Waals surface area contributed by atoms with E-state index in [0.29, 0.717) is 21.6 Å².